The van der Waals surface area contributed by atoms with Gasteiger partial charge in [-0.15, -0.1) is 11.6 Å². The van der Waals surface area contributed by atoms with Crippen molar-refractivity contribution < 1.29 is 9.13 Å². The highest BCUT2D eigenvalue weighted by molar-refractivity contribution is 6.17. The molecule has 1 nitrogen and oxygen atoms in total. The minimum absolute atomic E-state index is 0.420. The number of benzene rings is 1. The van der Waals surface area contributed by atoms with E-state index in [0.717, 1.165) is 5.56 Å². The summed E-state index contributed by atoms with van der Waals surface area (Å²) in [4.78, 5) is 0. The van der Waals surface area contributed by atoms with Crippen LogP contribution in [0.4, 0.5) is 4.39 Å². The first kappa shape index (κ1) is 8.34. The summed E-state index contributed by atoms with van der Waals surface area (Å²) in [6.45, 7) is -0.800. The lowest BCUT2D eigenvalue weighted by Crippen LogP contribution is -1.90. The molecular weight excluding hydrogens is 167 g/mol. The van der Waals surface area contributed by atoms with Gasteiger partial charge < -0.3 is 4.74 Å². The summed E-state index contributed by atoms with van der Waals surface area (Å²) in [5.41, 5.74) is 0.928. The highest BCUT2D eigenvalue weighted by atomic mass is 35.5. The molecule has 60 valence electrons. The number of hydrogen-bond acceptors (Lipinski definition) is 1. The molecule has 0 aliphatic heterocycles. The van der Waals surface area contributed by atoms with Gasteiger partial charge in [0.2, 0.25) is 6.86 Å². The molecule has 0 aromatic heterocycles. The Hall–Kier alpha value is -0.760. The molecule has 0 atom stereocenters. The minimum atomic E-state index is -0.800. The first-order chi connectivity index (χ1) is 5.36. The molecule has 0 radical (unpaired) electrons. The second-order valence-corrected chi connectivity index (χ2v) is 2.30. The first-order valence-corrected chi connectivity index (χ1v) is 3.74. The maximum Gasteiger partial charge on any atom is 0.228 e. The smallest absolute Gasteiger partial charge is 0.228 e. The Labute approximate surface area is 69.7 Å². The highest BCUT2D eigenvalue weighted by Gasteiger charge is 1.93. The van der Waals surface area contributed by atoms with Crippen LogP contribution in [0.15, 0.2) is 24.3 Å². The summed E-state index contributed by atoms with van der Waals surface area (Å²) >= 11 is 5.55. The average molecular weight is 175 g/mol. The van der Waals surface area contributed by atoms with E-state index < -0.39 is 6.86 Å². The standard InChI is InChI=1S/C8H8ClFO/c9-5-7-2-1-3-8(4-7)11-6-10/h1-4H,5-6H2. The van der Waals surface area contributed by atoms with Gasteiger partial charge >= 0.3 is 0 Å². The molecule has 3 heteroatoms. The van der Waals surface area contributed by atoms with Crippen molar-refractivity contribution in [3.8, 4) is 5.75 Å². The van der Waals surface area contributed by atoms with Gasteiger partial charge in [0, 0.05) is 5.88 Å². The third kappa shape index (κ3) is 2.39. The molecule has 11 heavy (non-hydrogen) atoms. The molecule has 0 unspecified atom stereocenters. The van der Waals surface area contributed by atoms with Gasteiger partial charge in [0.25, 0.3) is 0 Å². The SMILES string of the molecule is FCOc1cccc(CCl)c1. The van der Waals surface area contributed by atoms with Crippen LogP contribution in [0.5, 0.6) is 5.75 Å². The fourth-order valence-corrected chi connectivity index (χ4v) is 0.948. The lowest BCUT2D eigenvalue weighted by molar-refractivity contribution is 0.191. The van der Waals surface area contributed by atoms with Gasteiger partial charge in [0.1, 0.15) is 5.75 Å². The zero-order chi connectivity index (χ0) is 8.10. The van der Waals surface area contributed by atoms with Crippen LogP contribution in [0.25, 0.3) is 0 Å². The van der Waals surface area contributed by atoms with Gasteiger partial charge in [-0.1, -0.05) is 12.1 Å². The van der Waals surface area contributed by atoms with Gasteiger partial charge in [0.15, 0.2) is 0 Å². The second kappa shape index (κ2) is 4.19. The third-order valence-corrected chi connectivity index (χ3v) is 1.58. The fourth-order valence-electron chi connectivity index (χ4n) is 0.781. The molecule has 0 N–H and O–H groups in total. The van der Waals surface area contributed by atoms with Gasteiger partial charge in [-0.25, -0.2) is 4.39 Å². The van der Waals surface area contributed by atoms with Crippen molar-refractivity contribution in [2.75, 3.05) is 6.86 Å². The van der Waals surface area contributed by atoms with E-state index in [0.29, 0.717) is 11.6 Å². The lowest BCUT2D eigenvalue weighted by atomic mass is 10.2. The summed E-state index contributed by atoms with van der Waals surface area (Å²) in [5.74, 6) is 0.939. The third-order valence-electron chi connectivity index (χ3n) is 1.27. The molecule has 0 aliphatic carbocycles. The van der Waals surface area contributed by atoms with E-state index in [9.17, 15) is 4.39 Å². The molecule has 0 saturated heterocycles. The zero-order valence-corrected chi connectivity index (χ0v) is 6.64. The molecule has 0 saturated carbocycles. The molecule has 1 rings (SSSR count). The van der Waals surface area contributed by atoms with Crippen LogP contribution >= 0.6 is 11.6 Å². The zero-order valence-electron chi connectivity index (χ0n) is 5.89. The summed E-state index contributed by atoms with van der Waals surface area (Å²) in [5, 5.41) is 0. The number of alkyl halides is 2. The molecule has 0 bridgehead atoms. The summed E-state index contributed by atoms with van der Waals surface area (Å²) in [7, 11) is 0. The van der Waals surface area contributed by atoms with E-state index >= 15 is 0 Å². The molecule has 0 amide bonds. The lowest BCUT2D eigenvalue weighted by Gasteiger charge is -2.01. The maximum absolute atomic E-state index is 11.7. The van der Waals surface area contributed by atoms with Crippen molar-refractivity contribution in [3.05, 3.63) is 29.8 Å². The quantitative estimate of drug-likeness (QED) is 0.641. The second-order valence-electron chi connectivity index (χ2n) is 2.03. The molecule has 0 fully saturated rings. The van der Waals surface area contributed by atoms with E-state index in [4.69, 9.17) is 11.6 Å². The van der Waals surface area contributed by atoms with Crippen LogP contribution in [-0.4, -0.2) is 6.86 Å². The van der Waals surface area contributed by atoms with Crippen molar-refractivity contribution in [2.45, 2.75) is 5.88 Å². The van der Waals surface area contributed by atoms with Crippen LogP contribution in [-0.2, 0) is 5.88 Å². The van der Waals surface area contributed by atoms with Gasteiger partial charge in [0.05, 0.1) is 0 Å². The Morgan fingerprint density at radius 2 is 2.27 bits per heavy atom. The minimum Gasteiger partial charge on any atom is -0.463 e. The van der Waals surface area contributed by atoms with Crippen molar-refractivity contribution in [2.24, 2.45) is 0 Å². The molecular formula is C8H8ClFO. The Balaban J connectivity index is 2.74. The summed E-state index contributed by atoms with van der Waals surface area (Å²) in [6, 6.07) is 7.04. The van der Waals surface area contributed by atoms with E-state index in [1.54, 1.807) is 18.2 Å². The predicted octanol–water partition coefficient (Wildman–Crippen LogP) is 2.73. The Bertz CT molecular complexity index is 227. The monoisotopic (exact) mass is 174 g/mol. The molecule has 0 aliphatic rings. The van der Waals surface area contributed by atoms with Crippen LogP contribution in [0.2, 0.25) is 0 Å². The highest BCUT2D eigenvalue weighted by Crippen LogP contribution is 2.14. The number of hydrogen-bond donors (Lipinski definition) is 0. The normalized spacial score (nSPS) is 9.64. The Morgan fingerprint density at radius 1 is 1.45 bits per heavy atom. The predicted molar refractivity (Wildman–Crippen MR) is 42.6 cm³/mol. The average Bonchev–Trinajstić information content (AvgIpc) is 2.06. The van der Waals surface area contributed by atoms with Crippen LogP contribution < -0.4 is 4.74 Å². The first-order valence-electron chi connectivity index (χ1n) is 3.20. The van der Waals surface area contributed by atoms with E-state index in [1.165, 1.54) is 0 Å². The number of halogens is 2. The maximum atomic E-state index is 11.7. The molecule has 0 spiro atoms. The number of ether oxygens (including phenoxy) is 1. The molecule has 1 aromatic carbocycles. The Morgan fingerprint density at radius 3 is 2.91 bits per heavy atom. The number of rotatable bonds is 3. The molecule has 1 aromatic rings. The van der Waals surface area contributed by atoms with E-state index in [1.807, 2.05) is 6.07 Å². The van der Waals surface area contributed by atoms with Crippen LogP contribution in [0.3, 0.4) is 0 Å². The van der Waals surface area contributed by atoms with E-state index in [-0.39, 0.29) is 0 Å². The van der Waals surface area contributed by atoms with Crippen LogP contribution in [0, 0.1) is 0 Å². The van der Waals surface area contributed by atoms with Crippen LogP contribution in [0.1, 0.15) is 5.56 Å². The van der Waals surface area contributed by atoms with Crippen molar-refractivity contribution >= 4 is 11.6 Å². The van der Waals surface area contributed by atoms with Crippen molar-refractivity contribution in [1.82, 2.24) is 0 Å². The van der Waals surface area contributed by atoms with Gasteiger partial charge in [-0.05, 0) is 17.7 Å². The van der Waals surface area contributed by atoms with E-state index in [2.05, 4.69) is 4.74 Å². The fraction of sp³-hybridized carbons (Fsp3) is 0.250. The van der Waals surface area contributed by atoms with Crippen molar-refractivity contribution in [3.63, 3.8) is 0 Å². The Kier molecular flexibility index (Phi) is 3.17. The summed E-state index contributed by atoms with van der Waals surface area (Å²) in [6.07, 6.45) is 0. The van der Waals surface area contributed by atoms with Gasteiger partial charge in [-0.3, -0.25) is 0 Å². The van der Waals surface area contributed by atoms with Gasteiger partial charge in [-0.2, -0.15) is 0 Å². The topological polar surface area (TPSA) is 9.23 Å². The molecule has 0 heterocycles. The largest absolute Gasteiger partial charge is 0.463 e. The summed E-state index contributed by atoms with van der Waals surface area (Å²) < 4.78 is 16.3. The van der Waals surface area contributed by atoms with Crippen molar-refractivity contribution in [1.29, 1.82) is 0 Å².